The Hall–Kier alpha value is -2.78. The van der Waals surface area contributed by atoms with Gasteiger partial charge in [0, 0.05) is 17.2 Å². The van der Waals surface area contributed by atoms with E-state index in [9.17, 15) is 0 Å². The first-order valence-corrected chi connectivity index (χ1v) is 12.9. The predicted octanol–water partition coefficient (Wildman–Crippen LogP) is 6.48. The second-order valence-corrected chi connectivity index (χ2v) is 9.72. The summed E-state index contributed by atoms with van der Waals surface area (Å²) in [4.78, 5) is 4.86. The van der Waals surface area contributed by atoms with Gasteiger partial charge in [0.2, 0.25) is 5.82 Å². The molecule has 0 aliphatic heterocycles. The molecule has 3 aromatic heterocycles. The Balaban J connectivity index is 1.38. The molecule has 1 aromatic carbocycles. The quantitative estimate of drug-likeness (QED) is 0.266. The number of methoxy groups -OCH3 is 2. The van der Waals surface area contributed by atoms with Crippen LogP contribution in [0.25, 0.3) is 22.2 Å². The number of thioether (sulfide) groups is 1. The van der Waals surface area contributed by atoms with Crippen LogP contribution in [-0.2, 0) is 5.75 Å². The zero-order chi connectivity index (χ0) is 22.6. The van der Waals surface area contributed by atoms with Gasteiger partial charge < -0.3 is 13.9 Å². The highest BCUT2D eigenvalue weighted by molar-refractivity contribution is 7.98. The molecule has 1 fully saturated rings. The van der Waals surface area contributed by atoms with Crippen molar-refractivity contribution in [2.24, 2.45) is 0 Å². The van der Waals surface area contributed by atoms with Crippen LogP contribution in [0.4, 0.5) is 0 Å². The standard InChI is InChI=1S/C24H26N4O3S2/c1-29-19-11-6-10-18(21(19)30-2)23-25-16(14-32-23)15-33-24-27-26-22(20-12-7-13-31-20)28(24)17-8-4-3-5-9-17/h6-7,10-14,17H,3-5,8-9,15H2,1-2H3. The van der Waals surface area contributed by atoms with Gasteiger partial charge in [-0.3, -0.25) is 4.57 Å². The molecule has 33 heavy (non-hydrogen) atoms. The van der Waals surface area contributed by atoms with Gasteiger partial charge in [0.05, 0.1) is 31.7 Å². The van der Waals surface area contributed by atoms with E-state index in [2.05, 4.69) is 20.1 Å². The Morgan fingerprint density at radius 1 is 1.09 bits per heavy atom. The van der Waals surface area contributed by atoms with Crippen molar-refractivity contribution < 1.29 is 13.9 Å². The van der Waals surface area contributed by atoms with Crippen molar-refractivity contribution >= 4 is 23.1 Å². The van der Waals surface area contributed by atoms with Gasteiger partial charge in [-0.25, -0.2) is 4.98 Å². The molecule has 172 valence electrons. The Bertz CT molecular complexity index is 1200. The number of hydrogen-bond donors (Lipinski definition) is 0. The largest absolute Gasteiger partial charge is 0.493 e. The maximum atomic E-state index is 5.65. The summed E-state index contributed by atoms with van der Waals surface area (Å²) in [5.41, 5.74) is 1.94. The Kier molecular flexibility index (Phi) is 6.68. The topological polar surface area (TPSA) is 75.2 Å². The molecule has 0 amide bonds. The van der Waals surface area contributed by atoms with Crippen LogP contribution >= 0.6 is 23.1 Å². The molecule has 1 saturated carbocycles. The number of nitrogens with zero attached hydrogens (tertiary/aromatic N) is 4. The van der Waals surface area contributed by atoms with E-state index in [1.54, 1.807) is 43.6 Å². The summed E-state index contributed by atoms with van der Waals surface area (Å²) < 4.78 is 19.0. The van der Waals surface area contributed by atoms with E-state index in [4.69, 9.17) is 18.9 Å². The molecule has 0 unspecified atom stereocenters. The van der Waals surface area contributed by atoms with E-state index in [1.165, 1.54) is 19.3 Å². The van der Waals surface area contributed by atoms with Crippen LogP contribution in [0.1, 0.15) is 43.8 Å². The maximum Gasteiger partial charge on any atom is 0.200 e. The van der Waals surface area contributed by atoms with Crippen molar-refractivity contribution in [3.05, 3.63) is 47.7 Å². The van der Waals surface area contributed by atoms with Gasteiger partial charge in [-0.15, -0.1) is 21.5 Å². The van der Waals surface area contributed by atoms with Crippen molar-refractivity contribution in [3.63, 3.8) is 0 Å². The molecule has 0 N–H and O–H groups in total. The maximum absolute atomic E-state index is 5.65. The minimum atomic E-state index is 0.406. The summed E-state index contributed by atoms with van der Waals surface area (Å²) in [6, 6.07) is 10.1. The molecule has 0 bridgehead atoms. The third kappa shape index (κ3) is 4.52. The SMILES string of the molecule is COc1cccc(-c2nc(CSc3nnc(-c4ccco4)n3C3CCCCC3)cs2)c1OC. The first-order valence-electron chi connectivity index (χ1n) is 11.1. The number of aromatic nitrogens is 4. The molecule has 1 aliphatic rings. The van der Waals surface area contributed by atoms with Gasteiger partial charge in [0.25, 0.3) is 0 Å². The lowest BCUT2D eigenvalue weighted by molar-refractivity contribution is 0.337. The highest BCUT2D eigenvalue weighted by Gasteiger charge is 2.25. The summed E-state index contributed by atoms with van der Waals surface area (Å²) in [6.45, 7) is 0. The number of hydrogen-bond acceptors (Lipinski definition) is 8. The first-order chi connectivity index (χ1) is 16.3. The number of furan rings is 1. The number of para-hydroxylation sites is 1. The highest BCUT2D eigenvalue weighted by atomic mass is 32.2. The van der Waals surface area contributed by atoms with Gasteiger partial charge in [0.1, 0.15) is 5.01 Å². The highest BCUT2D eigenvalue weighted by Crippen LogP contribution is 2.40. The monoisotopic (exact) mass is 482 g/mol. The van der Waals surface area contributed by atoms with E-state index in [0.717, 1.165) is 45.8 Å². The van der Waals surface area contributed by atoms with Gasteiger partial charge in [-0.1, -0.05) is 37.1 Å². The van der Waals surface area contributed by atoms with Crippen LogP contribution in [0, 0.1) is 0 Å². The van der Waals surface area contributed by atoms with Crippen molar-refractivity contribution in [1.82, 2.24) is 19.7 Å². The Morgan fingerprint density at radius 3 is 2.73 bits per heavy atom. The number of rotatable bonds is 8. The summed E-state index contributed by atoms with van der Waals surface area (Å²) in [5.74, 6) is 3.70. The minimum absolute atomic E-state index is 0.406. The molecule has 4 aromatic rings. The molecular weight excluding hydrogens is 456 g/mol. The van der Waals surface area contributed by atoms with Crippen molar-refractivity contribution in [1.29, 1.82) is 0 Å². The molecular formula is C24H26N4O3S2. The van der Waals surface area contributed by atoms with Crippen LogP contribution in [0.5, 0.6) is 11.5 Å². The predicted molar refractivity (Wildman–Crippen MR) is 130 cm³/mol. The molecule has 9 heteroatoms. The average molecular weight is 483 g/mol. The third-order valence-corrected chi connectivity index (χ3v) is 7.78. The normalized spacial score (nSPS) is 14.5. The first kappa shape index (κ1) is 22.0. The zero-order valence-electron chi connectivity index (χ0n) is 18.7. The second-order valence-electron chi connectivity index (χ2n) is 7.92. The van der Waals surface area contributed by atoms with Crippen molar-refractivity contribution in [2.45, 2.75) is 49.1 Å². The molecule has 5 rings (SSSR count). The zero-order valence-corrected chi connectivity index (χ0v) is 20.3. The molecule has 1 aliphatic carbocycles. The fourth-order valence-electron chi connectivity index (χ4n) is 4.31. The second kappa shape index (κ2) is 10.0. The van der Waals surface area contributed by atoms with Crippen molar-refractivity contribution in [3.8, 4) is 33.7 Å². The van der Waals surface area contributed by atoms with Gasteiger partial charge >= 0.3 is 0 Å². The summed E-state index contributed by atoms with van der Waals surface area (Å²) in [5, 5.41) is 12.9. The number of ether oxygens (including phenoxy) is 2. The van der Waals surface area contributed by atoms with Crippen LogP contribution in [0.15, 0.2) is 51.5 Å². The molecule has 0 saturated heterocycles. The fourth-order valence-corrected chi connectivity index (χ4v) is 6.15. The fraction of sp³-hybridized carbons (Fsp3) is 0.375. The molecule has 3 heterocycles. The summed E-state index contributed by atoms with van der Waals surface area (Å²) >= 11 is 3.28. The molecule has 0 spiro atoms. The van der Waals surface area contributed by atoms with E-state index in [0.29, 0.717) is 23.3 Å². The Labute approximate surface area is 201 Å². The summed E-state index contributed by atoms with van der Waals surface area (Å²) in [6.07, 6.45) is 7.76. The van der Waals surface area contributed by atoms with E-state index < -0.39 is 0 Å². The third-order valence-electron chi connectivity index (χ3n) is 5.88. The van der Waals surface area contributed by atoms with E-state index in [-0.39, 0.29) is 0 Å². The lowest BCUT2D eigenvalue weighted by Gasteiger charge is -2.25. The van der Waals surface area contributed by atoms with Gasteiger partial charge in [0.15, 0.2) is 22.4 Å². The average Bonchev–Trinajstić information content (AvgIpc) is 3.63. The molecule has 0 radical (unpaired) electrons. The number of benzene rings is 1. The lowest BCUT2D eigenvalue weighted by atomic mass is 9.95. The van der Waals surface area contributed by atoms with Gasteiger partial charge in [-0.05, 0) is 37.1 Å². The van der Waals surface area contributed by atoms with Crippen molar-refractivity contribution in [2.75, 3.05) is 14.2 Å². The lowest BCUT2D eigenvalue weighted by Crippen LogP contribution is -2.15. The van der Waals surface area contributed by atoms with Crippen LogP contribution in [0.3, 0.4) is 0 Å². The number of thiazole rings is 1. The van der Waals surface area contributed by atoms with Crippen LogP contribution in [-0.4, -0.2) is 34.0 Å². The van der Waals surface area contributed by atoms with Crippen LogP contribution in [0.2, 0.25) is 0 Å². The smallest absolute Gasteiger partial charge is 0.200 e. The molecule has 7 nitrogen and oxygen atoms in total. The minimum Gasteiger partial charge on any atom is -0.493 e. The molecule has 0 atom stereocenters. The van der Waals surface area contributed by atoms with E-state index >= 15 is 0 Å². The summed E-state index contributed by atoms with van der Waals surface area (Å²) in [7, 11) is 3.30. The van der Waals surface area contributed by atoms with Gasteiger partial charge in [-0.2, -0.15) is 0 Å². The van der Waals surface area contributed by atoms with Crippen LogP contribution < -0.4 is 9.47 Å². The van der Waals surface area contributed by atoms with E-state index in [1.807, 2.05) is 30.3 Å². The Morgan fingerprint density at radius 2 is 1.97 bits per heavy atom.